The van der Waals surface area contributed by atoms with E-state index in [2.05, 4.69) is 0 Å². The fourth-order valence-electron chi connectivity index (χ4n) is 1.32. The summed E-state index contributed by atoms with van der Waals surface area (Å²) < 4.78 is 9.96. The Bertz CT molecular complexity index is 598. The molecule has 0 amide bonds. The Balaban J connectivity index is 1.97. The standard InChI is InChI=1S/C13H9NO5/c15-13(8-7-11-2-1-9-18-11)19-12-5-3-10(4-6-12)14(16)17/h1-9H. The highest BCUT2D eigenvalue weighted by Crippen LogP contribution is 2.17. The van der Waals surface area contributed by atoms with Crippen LogP contribution in [0.25, 0.3) is 6.08 Å². The number of nitro benzene ring substituents is 1. The molecule has 0 aliphatic heterocycles. The molecule has 19 heavy (non-hydrogen) atoms. The number of nitrogens with zero attached hydrogens (tertiary/aromatic N) is 1. The van der Waals surface area contributed by atoms with Gasteiger partial charge in [0.05, 0.1) is 11.2 Å². The number of non-ortho nitro benzene ring substituents is 1. The van der Waals surface area contributed by atoms with Gasteiger partial charge in [0.2, 0.25) is 0 Å². The maximum absolute atomic E-state index is 11.4. The second-order valence-corrected chi connectivity index (χ2v) is 3.52. The molecule has 0 bridgehead atoms. The first-order chi connectivity index (χ1) is 9.15. The van der Waals surface area contributed by atoms with Gasteiger partial charge in [0.25, 0.3) is 5.69 Å². The molecule has 0 unspecified atom stereocenters. The molecule has 2 aromatic rings. The van der Waals surface area contributed by atoms with Crippen LogP contribution in [0.1, 0.15) is 5.76 Å². The van der Waals surface area contributed by atoms with Gasteiger partial charge in [-0.25, -0.2) is 4.79 Å². The molecule has 6 heteroatoms. The molecule has 0 saturated heterocycles. The van der Waals surface area contributed by atoms with Crippen LogP contribution in [-0.2, 0) is 4.79 Å². The number of rotatable bonds is 4. The average molecular weight is 259 g/mol. The zero-order valence-corrected chi connectivity index (χ0v) is 9.68. The Morgan fingerprint density at radius 2 is 2.00 bits per heavy atom. The lowest BCUT2D eigenvalue weighted by Gasteiger charge is -1.99. The van der Waals surface area contributed by atoms with Crippen LogP contribution in [0.2, 0.25) is 0 Å². The number of carbonyl (C=O) groups excluding carboxylic acids is 1. The van der Waals surface area contributed by atoms with Crippen LogP contribution in [0.4, 0.5) is 5.69 Å². The zero-order valence-electron chi connectivity index (χ0n) is 9.68. The fourth-order valence-corrected chi connectivity index (χ4v) is 1.32. The van der Waals surface area contributed by atoms with Crippen molar-refractivity contribution in [3.05, 3.63) is 64.6 Å². The molecule has 2 rings (SSSR count). The van der Waals surface area contributed by atoms with Gasteiger partial charge >= 0.3 is 5.97 Å². The van der Waals surface area contributed by atoms with E-state index >= 15 is 0 Å². The minimum Gasteiger partial charge on any atom is -0.465 e. The molecule has 0 aliphatic rings. The van der Waals surface area contributed by atoms with Gasteiger partial charge in [0.15, 0.2) is 0 Å². The number of hydrogen-bond acceptors (Lipinski definition) is 5. The molecule has 0 atom stereocenters. The first-order valence-electron chi connectivity index (χ1n) is 5.33. The molecule has 0 fully saturated rings. The monoisotopic (exact) mass is 259 g/mol. The molecule has 0 N–H and O–H groups in total. The quantitative estimate of drug-likeness (QED) is 0.277. The largest absolute Gasteiger partial charge is 0.465 e. The van der Waals surface area contributed by atoms with Crippen molar-refractivity contribution in [1.82, 2.24) is 0 Å². The van der Waals surface area contributed by atoms with Gasteiger partial charge < -0.3 is 9.15 Å². The highest BCUT2D eigenvalue weighted by Gasteiger charge is 2.06. The van der Waals surface area contributed by atoms with Crippen molar-refractivity contribution < 1.29 is 18.9 Å². The van der Waals surface area contributed by atoms with E-state index in [0.29, 0.717) is 5.76 Å². The number of esters is 1. The number of carbonyl (C=O) groups is 1. The van der Waals surface area contributed by atoms with E-state index in [1.54, 1.807) is 12.1 Å². The highest BCUT2D eigenvalue weighted by atomic mass is 16.6. The van der Waals surface area contributed by atoms with E-state index in [0.717, 1.165) is 0 Å². The Morgan fingerprint density at radius 1 is 1.26 bits per heavy atom. The van der Waals surface area contributed by atoms with Crippen LogP contribution >= 0.6 is 0 Å². The second kappa shape index (κ2) is 5.63. The summed E-state index contributed by atoms with van der Waals surface area (Å²) in [6, 6.07) is 8.63. The van der Waals surface area contributed by atoms with E-state index in [1.165, 1.54) is 42.7 Å². The maximum atomic E-state index is 11.4. The third-order valence-corrected chi connectivity index (χ3v) is 2.19. The van der Waals surface area contributed by atoms with Gasteiger partial charge in [-0.1, -0.05) is 0 Å². The maximum Gasteiger partial charge on any atom is 0.336 e. The Labute approximate surface area is 108 Å². The first-order valence-corrected chi connectivity index (χ1v) is 5.33. The van der Waals surface area contributed by atoms with Crippen molar-refractivity contribution in [2.45, 2.75) is 0 Å². The Morgan fingerprint density at radius 3 is 2.58 bits per heavy atom. The fraction of sp³-hybridized carbons (Fsp3) is 0. The molecular formula is C13H9NO5. The van der Waals surface area contributed by atoms with Crippen molar-refractivity contribution in [3.8, 4) is 5.75 Å². The molecule has 6 nitrogen and oxygen atoms in total. The Kier molecular flexibility index (Phi) is 3.72. The molecule has 1 aromatic carbocycles. The van der Waals surface area contributed by atoms with Gasteiger partial charge in [-0.2, -0.15) is 0 Å². The molecule has 0 radical (unpaired) electrons. The molecule has 0 saturated carbocycles. The van der Waals surface area contributed by atoms with Crippen LogP contribution < -0.4 is 4.74 Å². The third-order valence-electron chi connectivity index (χ3n) is 2.19. The SMILES string of the molecule is O=C(C=Cc1ccco1)Oc1ccc([N+](=O)[O-])cc1. The Hall–Kier alpha value is -2.89. The summed E-state index contributed by atoms with van der Waals surface area (Å²) in [7, 11) is 0. The summed E-state index contributed by atoms with van der Waals surface area (Å²) in [5.74, 6) is 0.172. The molecule has 1 aromatic heterocycles. The van der Waals surface area contributed by atoms with E-state index in [1.807, 2.05) is 0 Å². The van der Waals surface area contributed by atoms with Crippen LogP contribution in [0, 0.1) is 10.1 Å². The van der Waals surface area contributed by atoms with Crippen LogP contribution in [0.15, 0.2) is 53.2 Å². The van der Waals surface area contributed by atoms with Crippen LogP contribution in [-0.4, -0.2) is 10.9 Å². The van der Waals surface area contributed by atoms with Crippen molar-refractivity contribution in [3.63, 3.8) is 0 Å². The van der Waals surface area contributed by atoms with Crippen molar-refractivity contribution in [2.75, 3.05) is 0 Å². The van der Waals surface area contributed by atoms with Gasteiger partial charge in [-0.05, 0) is 30.3 Å². The second-order valence-electron chi connectivity index (χ2n) is 3.52. The average Bonchev–Trinajstić information content (AvgIpc) is 2.90. The molecule has 96 valence electrons. The summed E-state index contributed by atoms with van der Waals surface area (Å²) in [6.07, 6.45) is 4.16. The smallest absolute Gasteiger partial charge is 0.336 e. The lowest BCUT2D eigenvalue weighted by atomic mass is 10.3. The normalized spacial score (nSPS) is 10.5. The van der Waals surface area contributed by atoms with Gasteiger partial charge in [-0.15, -0.1) is 0 Å². The van der Waals surface area contributed by atoms with Crippen molar-refractivity contribution in [2.24, 2.45) is 0 Å². The minimum atomic E-state index is -0.592. The molecule has 0 spiro atoms. The van der Waals surface area contributed by atoms with Crippen molar-refractivity contribution in [1.29, 1.82) is 0 Å². The zero-order chi connectivity index (χ0) is 13.7. The van der Waals surface area contributed by atoms with E-state index in [-0.39, 0.29) is 11.4 Å². The number of nitro groups is 1. The predicted molar refractivity (Wildman–Crippen MR) is 66.5 cm³/mol. The molecular weight excluding hydrogens is 250 g/mol. The van der Waals surface area contributed by atoms with Crippen LogP contribution in [0.3, 0.4) is 0 Å². The lowest BCUT2D eigenvalue weighted by molar-refractivity contribution is -0.384. The molecule has 1 heterocycles. The van der Waals surface area contributed by atoms with Gasteiger partial charge in [0.1, 0.15) is 11.5 Å². The number of hydrogen-bond donors (Lipinski definition) is 0. The van der Waals surface area contributed by atoms with E-state index < -0.39 is 10.9 Å². The first kappa shape index (κ1) is 12.6. The number of furan rings is 1. The third kappa shape index (κ3) is 3.53. The summed E-state index contributed by atoms with van der Waals surface area (Å²) in [5.41, 5.74) is -0.0640. The van der Waals surface area contributed by atoms with Gasteiger partial charge in [-0.3, -0.25) is 10.1 Å². The molecule has 0 aliphatic carbocycles. The predicted octanol–water partition coefficient (Wildman–Crippen LogP) is 2.81. The van der Waals surface area contributed by atoms with E-state index in [4.69, 9.17) is 9.15 Å². The van der Waals surface area contributed by atoms with Crippen LogP contribution in [0.5, 0.6) is 5.75 Å². The summed E-state index contributed by atoms with van der Waals surface area (Å²) in [4.78, 5) is 21.4. The lowest BCUT2D eigenvalue weighted by Crippen LogP contribution is -2.03. The highest BCUT2D eigenvalue weighted by molar-refractivity contribution is 5.88. The number of ether oxygens (including phenoxy) is 1. The summed E-state index contributed by atoms with van der Waals surface area (Å²) >= 11 is 0. The summed E-state index contributed by atoms with van der Waals surface area (Å²) in [6.45, 7) is 0. The number of benzene rings is 1. The van der Waals surface area contributed by atoms with E-state index in [9.17, 15) is 14.9 Å². The topological polar surface area (TPSA) is 82.6 Å². The van der Waals surface area contributed by atoms with Crippen molar-refractivity contribution >= 4 is 17.7 Å². The minimum absolute atomic E-state index is 0.0640. The van der Waals surface area contributed by atoms with Gasteiger partial charge in [0, 0.05) is 18.2 Å². The summed E-state index contributed by atoms with van der Waals surface area (Å²) in [5, 5.41) is 10.4.